The van der Waals surface area contributed by atoms with Crippen LogP contribution in [0.3, 0.4) is 0 Å². The van der Waals surface area contributed by atoms with Gasteiger partial charge in [0, 0.05) is 25.0 Å². The second-order valence-corrected chi connectivity index (χ2v) is 4.57. The molecular formula is C13H21N3O. The van der Waals surface area contributed by atoms with Crippen LogP contribution >= 0.6 is 0 Å². The van der Waals surface area contributed by atoms with E-state index in [0.29, 0.717) is 6.10 Å². The number of nitrogens with zero attached hydrogens (tertiary/aromatic N) is 1. The first kappa shape index (κ1) is 12.5. The van der Waals surface area contributed by atoms with Gasteiger partial charge >= 0.3 is 0 Å². The third-order valence-corrected chi connectivity index (χ3v) is 3.33. The fourth-order valence-electron chi connectivity index (χ4n) is 2.35. The summed E-state index contributed by atoms with van der Waals surface area (Å²) >= 11 is 0. The number of rotatable bonds is 6. The summed E-state index contributed by atoms with van der Waals surface area (Å²) in [6.07, 6.45) is 9.86. The van der Waals surface area contributed by atoms with Gasteiger partial charge in [-0.05, 0) is 43.7 Å². The van der Waals surface area contributed by atoms with Crippen molar-refractivity contribution >= 4 is 0 Å². The highest BCUT2D eigenvalue weighted by Crippen LogP contribution is 2.22. The highest BCUT2D eigenvalue weighted by atomic mass is 16.5. The molecule has 0 aromatic carbocycles. The summed E-state index contributed by atoms with van der Waals surface area (Å²) in [5.74, 6) is 5.59. The molecule has 2 atom stereocenters. The zero-order chi connectivity index (χ0) is 11.9. The topological polar surface area (TPSA) is 60.2 Å². The molecule has 2 rings (SSSR count). The van der Waals surface area contributed by atoms with Crippen LogP contribution in [-0.2, 0) is 4.74 Å². The Kier molecular flexibility index (Phi) is 4.91. The van der Waals surface area contributed by atoms with Crippen molar-refractivity contribution in [3.8, 4) is 0 Å². The number of hydrazine groups is 1. The molecule has 4 heteroatoms. The van der Waals surface area contributed by atoms with E-state index >= 15 is 0 Å². The van der Waals surface area contributed by atoms with Crippen molar-refractivity contribution in [2.45, 2.75) is 44.2 Å². The zero-order valence-corrected chi connectivity index (χ0v) is 10.1. The Balaban J connectivity index is 1.75. The summed E-state index contributed by atoms with van der Waals surface area (Å²) in [6, 6.07) is 4.20. The lowest BCUT2D eigenvalue weighted by molar-refractivity contribution is 0.101. The van der Waals surface area contributed by atoms with E-state index in [1.165, 1.54) is 12.8 Å². The summed E-state index contributed by atoms with van der Waals surface area (Å²) in [6.45, 7) is 0.936. The molecule has 0 saturated carbocycles. The van der Waals surface area contributed by atoms with E-state index in [1.54, 1.807) is 6.20 Å². The molecule has 3 N–H and O–H groups in total. The maximum Gasteiger partial charge on any atom is 0.0576 e. The molecule has 1 aliphatic rings. The molecule has 1 saturated heterocycles. The summed E-state index contributed by atoms with van der Waals surface area (Å²) in [5.41, 5.74) is 4.02. The summed E-state index contributed by atoms with van der Waals surface area (Å²) < 4.78 is 5.61. The molecule has 1 aliphatic heterocycles. The molecule has 0 amide bonds. The van der Waals surface area contributed by atoms with Crippen LogP contribution < -0.4 is 11.3 Å². The van der Waals surface area contributed by atoms with E-state index in [0.717, 1.165) is 31.4 Å². The molecule has 4 nitrogen and oxygen atoms in total. The predicted molar refractivity (Wildman–Crippen MR) is 67.1 cm³/mol. The van der Waals surface area contributed by atoms with E-state index in [-0.39, 0.29) is 6.04 Å². The standard InChI is InChI=1S/C13H21N3O/c14-16-13(11-4-2-8-15-10-11)7-1-5-12-6-3-9-17-12/h2,4,8,10,12-13,16H,1,3,5-7,9,14H2. The average Bonchev–Trinajstić information content (AvgIpc) is 2.89. The van der Waals surface area contributed by atoms with Crippen LogP contribution in [0.2, 0.25) is 0 Å². The first-order valence-electron chi connectivity index (χ1n) is 6.38. The molecule has 1 aromatic heterocycles. The van der Waals surface area contributed by atoms with E-state index < -0.39 is 0 Å². The average molecular weight is 235 g/mol. The first-order valence-corrected chi connectivity index (χ1v) is 6.38. The van der Waals surface area contributed by atoms with E-state index in [4.69, 9.17) is 10.6 Å². The van der Waals surface area contributed by atoms with Crippen molar-refractivity contribution in [2.75, 3.05) is 6.61 Å². The number of aromatic nitrogens is 1. The smallest absolute Gasteiger partial charge is 0.0576 e. The molecule has 1 aromatic rings. The van der Waals surface area contributed by atoms with Gasteiger partial charge in [0.1, 0.15) is 0 Å². The lowest BCUT2D eigenvalue weighted by Gasteiger charge is -2.16. The number of hydrogen-bond donors (Lipinski definition) is 2. The fraction of sp³-hybridized carbons (Fsp3) is 0.615. The van der Waals surface area contributed by atoms with Crippen molar-refractivity contribution in [3.63, 3.8) is 0 Å². The number of ether oxygens (including phenoxy) is 1. The SMILES string of the molecule is NNC(CCCC1CCCO1)c1cccnc1. The molecule has 2 unspecified atom stereocenters. The fourth-order valence-corrected chi connectivity index (χ4v) is 2.35. The Labute approximate surface area is 103 Å². The van der Waals surface area contributed by atoms with Gasteiger partial charge in [-0.15, -0.1) is 0 Å². The van der Waals surface area contributed by atoms with Crippen LogP contribution in [0.15, 0.2) is 24.5 Å². The molecule has 0 spiro atoms. The second kappa shape index (κ2) is 6.69. The zero-order valence-electron chi connectivity index (χ0n) is 10.1. The summed E-state index contributed by atoms with van der Waals surface area (Å²) in [5, 5.41) is 0. The number of hydrogen-bond acceptors (Lipinski definition) is 4. The van der Waals surface area contributed by atoms with Gasteiger partial charge in [0.15, 0.2) is 0 Å². The Hall–Kier alpha value is -0.970. The van der Waals surface area contributed by atoms with Gasteiger partial charge in [0.05, 0.1) is 6.10 Å². The molecule has 0 radical (unpaired) electrons. The molecular weight excluding hydrogens is 214 g/mol. The Bertz CT molecular complexity index is 312. The van der Waals surface area contributed by atoms with Crippen LogP contribution in [-0.4, -0.2) is 17.7 Å². The van der Waals surface area contributed by atoms with Crippen molar-refractivity contribution in [1.82, 2.24) is 10.4 Å². The molecule has 0 bridgehead atoms. The molecule has 0 aliphatic carbocycles. The van der Waals surface area contributed by atoms with Crippen molar-refractivity contribution in [1.29, 1.82) is 0 Å². The van der Waals surface area contributed by atoms with Crippen molar-refractivity contribution in [2.24, 2.45) is 5.84 Å². The van der Waals surface area contributed by atoms with Crippen LogP contribution in [0.1, 0.15) is 43.7 Å². The lowest BCUT2D eigenvalue weighted by Crippen LogP contribution is -2.28. The Morgan fingerprint density at radius 3 is 3.18 bits per heavy atom. The van der Waals surface area contributed by atoms with Crippen LogP contribution in [0.5, 0.6) is 0 Å². The number of nitrogens with one attached hydrogen (secondary N) is 1. The normalized spacial score (nSPS) is 21.6. The summed E-state index contributed by atoms with van der Waals surface area (Å²) in [4.78, 5) is 4.12. The maximum atomic E-state index is 5.61. The highest BCUT2D eigenvalue weighted by molar-refractivity contribution is 5.13. The minimum atomic E-state index is 0.199. The minimum absolute atomic E-state index is 0.199. The minimum Gasteiger partial charge on any atom is -0.378 e. The monoisotopic (exact) mass is 235 g/mol. The lowest BCUT2D eigenvalue weighted by atomic mass is 10.0. The van der Waals surface area contributed by atoms with E-state index in [9.17, 15) is 0 Å². The van der Waals surface area contributed by atoms with E-state index in [1.807, 2.05) is 12.3 Å². The van der Waals surface area contributed by atoms with Gasteiger partial charge in [0.2, 0.25) is 0 Å². The highest BCUT2D eigenvalue weighted by Gasteiger charge is 2.16. The number of nitrogens with two attached hydrogens (primary N) is 1. The van der Waals surface area contributed by atoms with Gasteiger partial charge in [-0.3, -0.25) is 16.3 Å². The molecule has 17 heavy (non-hydrogen) atoms. The maximum absolute atomic E-state index is 5.61. The third-order valence-electron chi connectivity index (χ3n) is 3.33. The van der Waals surface area contributed by atoms with Crippen LogP contribution in [0.4, 0.5) is 0 Å². The second-order valence-electron chi connectivity index (χ2n) is 4.57. The van der Waals surface area contributed by atoms with Gasteiger partial charge in [-0.25, -0.2) is 0 Å². The summed E-state index contributed by atoms with van der Waals surface area (Å²) in [7, 11) is 0. The Morgan fingerprint density at radius 1 is 1.59 bits per heavy atom. The molecule has 2 heterocycles. The quantitative estimate of drug-likeness (QED) is 0.584. The Morgan fingerprint density at radius 2 is 2.53 bits per heavy atom. The van der Waals surface area contributed by atoms with Crippen molar-refractivity contribution in [3.05, 3.63) is 30.1 Å². The van der Waals surface area contributed by atoms with Gasteiger partial charge < -0.3 is 4.74 Å². The third kappa shape index (κ3) is 3.77. The largest absolute Gasteiger partial charge is 0.378 e. The van der Waals surface area contributed by atoms with Gasteiger partial charge in [-0.2, -0.15) is 0 Å². The van der Waals surface area contributed by atoms with Crippen LogP contribution in [0, 0.1) is 0 Å². The molecule has 94 valence electrons. The molecule has 1 fully saturated rings. The van der Waals surface area contributed by atoms with Crippen LogP contribution in [0.25, 0.3) is 0 Å². The van der Waals surface area contributed by atoms with Crippen molar-refractivity contribution < 1.29 is 4.74 Å². The van der Waals surface area contributed by atoms with Gasteiger partial charge in [0.25, 0.3) is 0 Å². The van der Waals surface area contributed by atoms with Gasteiger partial charge in [-0.1, -0.05) is 6.07 Å². The number of pyridine rings is 1. The first-order chi connectivity index (χ1) is 8.40. The predicted octanol–water partition coefficient (Wildman–Crippen LogP) is 1.94. The van der Waals surface area contributed by atoms with E-state index in [2.05, 4.69) is 16.5 Å².